The Morgan fingerprint density at radius 3 is 2.67 bits per heavy atom. The van der Waals surface area contributed by atoms with Crippen LogP contribution in [0.4, 0.5) is 0 Å². The van der Waals surface area contributed by atoms with Crippen molar-refractivity contribution >= 4 is 16.6 Å². The number of hydrogen-bond acceptors (Lipinski definition) is 5. The Morgan fingerprint density at radius 1 is 1.22 bits per heavy atom. The summed E-state index contributed by atoms with van der Waals surface area (Å²) in [6.45, 7) is 0. The van der Waals surface area contributed by atoms with Crippen LogP contribution in [0.25, 0.3) is 16.6 Å². The fourth-order valence-corrected chi connectivity index (χ4v) is 1.88. The van der Waals surface area contributed by atoms with Gasteiger partial charge in [0.15, 0.2) is 17.1 Å². The average Bonchev–Trinajstić information content (AvgIpc) is 2.79. The van der Waals surface area contributed by atoms with Gasteiger partial charge in [-0.25, -0.2) is 19.3 Å². The highest BCUT2D eigenvalue weighted by atomic mass is 16.5. The number of hydrogen-bond donors (Lipinski definition) is 1. The number of benzene rings is 1. The molecule has 0 fully saturated rings. The molecule has 0 radical (unpaired) electrons. The molecule has 0 saturated heterocycles. The zero-order valence-electron chi connectivity index (χ0n) is 9.80. The summed E-state index contributed by atoms with van der Waals surface area (Å²) in [4.78, 5) is 15.6. The van der Waals surface area contributed by atoms with Crippen molar-refractivity contribution in [1.82, 2.24) is 19.6 Å². The second-order valence-electron chi connectivity index (χ2n) is 3.69. The molecule has 7 heteroatoms. The lowest BCUT2D eigenvalue weighted by Gasteiger charge is -2.08. The third-order valence-corrected chi connectivity index (χ3v) is 2.76. The van der Waals surface area contributed by atoms with Gasteiger partial charge in [0.25, 0.3) is 0 Å². The number of aromatic amines is 1. The molecule has 18 heavy (non-hydrogen) atoms. The van der Waals surface area contributed by atoms with Crippen molar-refractivity contribution in [2.24, 2.45) is 0 Å². The summed E-state index contributed by atoms with van der Waals surface area (Å²) in [5.41, 5.74) is 0.860. The molecule has 0 aliphatic carbocycles. The van der Waals surface area contributed by atoms with Gasteiger partial charge in [-0.1, -0.05) is 0 Å². The van der Waals surface area contributed by atoms with Crippen LogP contribution in [-0.4, -0.2) is 33.8 Å². The summed E-state index contributed by atoms with van der Waals surface area (Å²) in [5, 5.41) is 7.06. The Hall–Kier alpha value is -2.57. The maximum Gasteiger partial charge on any atom is 0.348 e. The predicted octanol–water partition coefficient (Wildman–Crippen LogP) is 0.588. The number of aromatic nitrogens is 4. The lowest BCUT2D eigenvalue weighted by atomic mass is 10.2. The van der Waals surface area contributed by atoms with Gasteiger partial charge >= 0.3 is 5.69 Å². The molecule has 7 nitrogen and oxygen atoms in total. The number of nitrogens with zero attached hydrogens (tertiary/aromatic N) is 3. The number of ether oxygens (including phenoxy) is 2. The Labute approximate surface area is 101 Å². The van der Waals surface area contributed by atoms with E-state index < -0.39 is 0 Å². The van der Waals surface area contributed by atoms with Crippen molar-refractivity contribution in [1.29, 1.82) is 0 Å². The van der Waals surface area contributed by atoms with Crippen LogP contribution in [0.1, 0.15) is 0 Å². The van der Waals surface area contributed by atoms with Gasteiger partial charge in [0.05, 0.1) is 19.7 Å². The molecular formula is C11H10N4O3. The highest BCUT2D eigenvalue weighted by Gasteiger charge is 2.11. The topological polar surface area (TPSA) is 81.5 Å². The number of fused-ring (bicyclic) bond motifs is 3. The van der Waals surface area contributed by atoms with Crippen molar-refractivity contribution in [2.75, 3.05) is 14.2 Å². The fraction of sp³-hybridized carbons (Fsp3) is 0.182. The van der Waals surface area contributed by atoms with E-state index in [1.54, 1.807) is 26.4 Å². The Morgan fingerprint density at radius 2 is 1.94 bits per heavy atom. The Kier molecular flexibility index (Phi) is 2.19. The minimum absolute atomic E-state index is 0.325. The van der Waals surface area contributed by atoms with E-state index in [1.807, 2.05) is 0 Å². The lowest BCUT2D eigenvalue weighted by Crippen LogP contribution is -2.09. The van der Waals surface area contributed by atoms with Gasteiger partial charge in [0.2, 0.25) is 0 Å². The fourth-order valence-electron chi connectivity index (χ4n) is 1.88. The van der Waals surface area contributed by atoms with Gasteiger partial charge in [-0.2, -0.15) is 5.10 Å². The molecular weight excluding hydrogens is 236 g/mol. The molecule has 1 aromatic carbocycles. The minimum Gasteiger partial charge on any atom is -0.493 e. The number of nitrogens with one attached hydrogen (secondary N) is 1. The van der Waals surface area contributed by atoms with E-state index >= 15 is 0 Å². The van der Waals surface area contributed by atoms with Crippen LogP contribution in [0, 0.1) is 0 Å². The zero-order valence-corrected chi connectivity index (χ0v) is 9.80. The molecule has 0 unspecified atom stereocenters. The van der Waals surface area contributed by atoms with Crippen LogP contribution < -0.4 is 15.2 Å². The molecule has 3 rings (SSSR count). The molecule has 0 aliphatic heterocycles. The van der Waals surface area contributed by atoms with Gasteiger partial charge in [-0.05, 0) is 6.07 Å². The molecule has 1 N–H and O–H groups in total. The zero-order chi connectivity index (χ0) is 12.7. The highest BCUT2D eigenvalue weighted by molar-refractivity contribution is 5.93. The van der Waals surface area contributed by atoms with Crippen molar-refractivity contribution in [3.05, 3.63) is 28.9 Å². The average molecular weight is 246 g/mol. The van der Waals surface area contributed by atoms with Crippen molar-refractivity contribution < 1.29 is 9.47 Å². The third kappa shape index (κ3) is 1.33. The van der Waals surface area contributed by atoms with Crippen LogP contribution in [0.3, 0.4) is 0 Å². The van der Waals surface area contributed by atoms with Gasteiger partial charge in [-0.15, -0.1) is 0 Å². The first-order chi connectivity index (χ1) is 8.74. The molecule has 92 valence electrons. The highest BCUT2D eigenvalue weighted by Crippen LogP contribution is 2.32. The standard InChI is InChI=1S/C11H10N4O3/c1-17-8-3-6-7(4-9(8)18-2)12-5-15-10(6)13-14-11(15)16/h3-5H,1-2H3,(H,14,16). The largest absolute Gasteiger partial charge is 0.493 e. The second-order valence-corrected chi connectivity index (χ2v) is 3.69. The third-order valence-electron chi connectivity index (χ3n) is 2.76. The normalized spacial score (nSPS) is 11.0. The SMILES string of the molecule is COc1cc2ncn3c(=O)[nH]nc3c2cc1OC. The number of H-pyrrole nitrogens is 1. The van der Waals surface area contributed by atoms with E-state index in [0.29, 0.717) is 28.0 Å². The summed E-state index contributed by atoms with van der Waals surface area (Å²) in [6.07, 6.45) is 1.43. The first-order valence-electron chi connectivity index (χ1n) is 5.22. The maximum absolute atomic E-state index is 11.4. The molecule has 0 amide bonds. The molecule has 3 aromatic rings. The Balaban J connectivity index is 2.46. The van der Waals surface area contributed by atoms with Crippen molar-refractivity contribution in [2.45, 2.75) is 0 Å². The monoisotopic (exact) mass is 246 g/mol. The van der Waals surface area contributed by atoms with Crippen LogP contribution in [0.15, 0.2) is 23.3 Å². The van der Waals surface area contributed by atoms with Gasteiger partial charge in [0, 0.05) is 11.5 Å². The van der Waals surface area contributed by atoms with E-state index in [1.165, 1.54) is 10.7 Å². The first kappa shape index (κ1) is 10.6. The van der Waals surface area contributed by atoms with E-state index in [4.69, 9.17) is 9.47 Å². The molecule has 0 bridgehead atoms. The summed E-state index contributed by atoms with van der Waals surface area (Å²) in [6, 6.07) is 3.49. The van der Waals surface area contributed by atoms with Crippen LogP contribution in [-0.2, 0) is 0 Å². The summed E-state index contributed by atoms with van der Waals surface area (Å²) >= 11 is 0. The van der Waals surface area contributed by atoms with Gasteiger partial charge in [0.1, 0.15) is 6.33 Å². The molecule has 2 aromatic heterocycles. The van der Waals surface area contributed by atoms with E-state index in [2.05, 4.69) is 15.2 Å². The molecule has 0 saturated carbocycles. The number of methoxy groups -OCH3 is 2. The van der Waals surface area contributed by atoms with E-state index in [-0.39, 0.29) is 5.69 Å². The Bertz CT molecular complexity index is 790. The second kappa shape index (κ2) is 3.73. The first-order valence-corrected chi connectivity index (χ1v) is 5.22. The predicted molar refractivity (Wildman–Crippen MR) is 64.2 cm³/mol. The molecule has 0 atom stereocenters. The quantitative estimate of drug-likeness (QED) is 0.715. The van der Waals surface area contributed by atoms with Crippen molar-refractivity contribution in [3.8, 4) is 11.5 Å². The van der Waals surface area contributed by atoms with Crippen LogP contribution in [0.5, 0.6) is 11.5 Å². The summed E-state index contributed by atoms with van der Waals surface area (Å²) in [7, 11) is 3.11. The smallest absolute Gasteiger partial charge is 0.348 e. The molecule has 2 heterocycles. The number of rotatable bonds is 2. The molecule has 0 aliphatic rings. The van der Waals surface area contributed by atoms with Crippen LogP contribution in [0.2, 0.25) is 0 Å². The van der Waals surface area contributed by atoms with E-state index in [0.717, 1.165) is 0 Å². The summed E-state index contributed by atoms with van der Waals surface area (Å²) in [5.74, 6) is 1.15. The lowest BCUT2D eigenvalue weighted by molar-refractivity contribution is 0.356. The molecule has 0 spiro atoms. The van der Waals surface area contributed by atoms with Gasteiger partial charge in [-0.3, -0.25) is 0 Å². The minimum atomic E-state index is -0.325. The maximum atomic E-state index is 11.4. The van der Waals surface area contributed by atoms with E-state index in [9.17, 15) is 4.79 Å². The van der Waals surface area contributed by atoms with Crippen molar-refractivity contribution in [3.63, 3.8) is 0 Å². The van der Waals surface area contributed by atoms with Gasteiger partial charge < -0.3 is 9.47 Å². The summed E-state index contributed by atoms with van der Waals surface area (Å²) < 4.78 is 11.8. The van der Waals surface area contributed by atoms with Crippen LogP contribution >= 0.6 is 0 Å².